The maximum absolute atomic E-state index is 12.1. The van der Waals surface area contributed by atoms with E-state index in [0.29, 0.717) is 20.9 Å². The number of para-hydroxylation sites is 1. The summed E-state index contributed by atoms with van der Waals surface area (Å²) in [5.41, 5.74) is 1.05. The van der Waals surface area contributed by atoms with Crippen LogP contribution in [0.3, 0.4) is 0 Å². The van der Waals surface area contributed by atoms with Gasteiger partial charge in [-0.25, -0.2) is 13.6 Å². The van der Waals surface area contributed by atoms with Crippen molar-refractivity contribution < 1.29 is 13.3 Å². The number of nitro benzene ring substituents is 1. The summed E-state index contributed by atoms with van der Waals surface area (Å²) < 4.78 is 24.1. The maximum atomic E-state index is 12.1. The van der Waals surface area contributed by atoms with E-state index in [9.17, 15) is 18.5 Å². The molecule has 3 aromatic carbocycles. The molecule has 0 aliphatic carbocycles. The van der Waals surface area contributed by atoms with Crippen molar-refractivity contribution >= 4 is 39.9 Å². The van der Waals surface area contributed by atoms with E-state index in [1.807, 2.05) is 6.07 Å². The minimum absolute atomic E-state index is 0. The van der Waals surface area contributed by atoms with Gasteiger partial charge in [-0.3, -0.25) is 10.1 Å². The number of hydrogen-bond donors (Lipinski definition) is 1. The van der Waals surface area contributed by atoms with Crippen LogP contribution in [0, 0.1) is 10.1 Å². The molecule has 0 radical (unpaired) electrons. The SMILES string of the molecule is Cl.NS(=O)(=O)c1cccc(Sc2ccccc2[N+](=O)[O-])c1-c1ccccc1. The third-order valence-corrected chi connectivity index (χ3v) is 5.72. The van der Waals surface area contributed by atoms with E-state index in [0.717, 1.165) is 11.8 Å². The van der Waals surface area contributed by atoms with Crippen molar-refractivity contribution in [2.45, 2.75) is 14.7 Å². The molecule has 0 aliphatic rings. The molecule has 0 fully saturated rings. The monoisotopic (exact) mass is 422 g/mol. The Kier molecular flexibility index (Phi) is 6.61. The molecule has 0 atom stereocenters. The number of hydrogen-bond acceptors (Lipinski definition) is 5. The minimum Gasteiger partial charge on any atom is -0.258 e. The van der Waals surface area contributed by atoms with Gasteiger partial charge in [-0.05, 0) is 23.8 Å². The third-order valence-electron chi connectivity index (χ3n) is 3.64. The lowest BCUT2D eigenvalue weighted by molar-refractivity contribution is -0.387. The van der Waals surface area contributed by atoms with Crippen molar-refractivity contribution in [2.75, 3.05) is 0 Å². The lowest BCUT2D eigenvalue weighted by Crippen LogP contribution is -2.13. The zero-order valence-corrected chi connectivity index (χ0v) is 16.3. The van der Waals surface area contributed by atoms with Gasteiger partial charge in [0.05, 0.1) is 14.7 Å². The summed E-state index contributed by atoms with van der Waals surface area (Å²) in [5, 5.41) is 16.7. The van der Waals surface area contributed by atoms with Crippen molar-refractivity contribution in [1.29, 1.82) is 0 Å². The molecule has 0 aromatic heterocycles. The Bertz CT molecular complexity index is 1070. The Balaban J connectivity index is 0.00000261. The molecule has 3 rings (SSSR count). The van der Waals surface area contributed by atoms with E-state index in [4.69, 9.17) is 5.14 Å². The predicted octanol–water partition coefficient (Wildman–Crippen LogP) is 4.48. The van der Waals surface area contributed by atoms with Gasteiger partial charge in [0.1, 0.15) is 0 Å². The van der Waals surface area contributed by atoms with Crippen LogP contribution in [0.4, 0.5) is 5.69 Å². The molecule has 9 heteroatoms. The fourth-order valence-corrected chi connectivity index (χ4v) is 4.49. The first-order chi connectivity index (χ1) is 12.4. The molecule has 0 amide bonds. The molecular formula is C18H15ClN2O4S2. The van der Waals surface area contributed by atoms with Gasteiger partial charge < -0.3 is 0 Å². The van der Waals surface area contributed by atoms with E-state index in [-0.39, 0.29) is 23.0 Å². The van der Waals surface area contributed by atoms with Gasteiger partial charge in [0, 0.05) is 16.5 Å². The number of benzene rings is 3. The molecule has 0 saturated heterocycles. The molecule has 0 bridgehead atoms. The molecule has 0 aliphatic heterocycles. The maximum Gasteiger partial charge on any atom is 0.283 e. The van der Waals surface area contributed by atoms with Crippen molar-refractivity contribution in [2.24, 2.45) is 5.14 Å². The zero-order valence-electron chi connectivity index (χ0n) is 13.8. The van der Waals surface area contributed by atoms with Crippen LogP contribution in [0.25, 0.3) is 11.1 Å². The van der Waals surface area contributed by atoms with Crippen LogP contribution in [-0.2, 0) is 10.0 Å². The second-order valence-corrected chi connectivity index (χ2v) is 7.98. The number of nitrogens with zero attached hydrogens (tertiary/aromatic N) is 1. The standard InChI is InChI=1S/C18H14N2O4S2.ClH/c19-26(23,24)17-12-6-11-16(18(17)13-7-2-1-3-8-13)25-15-10-5-4-9-14(15)20(21)22;/h1-12H,(H2,19,23,24);1H. The fourth-order valence-electron chi connectivity index (χ4n) is 2.54. The highest BCUT2D eigenvalue weighted by molar-refractivity contribution is 7.99. The first-order valence-electron chi connectivity index (χ1n) is 7.50. The summed E-state index contributed by atoms with van der Waals surface area (Å²) in [6.07, 6.45) is 0. The molecule has 2 N–H and O–H groups in total. The quantitative estimate of drug-likeness (QED) is 0.482. The molecule has 3 aromatic rings. The van der Waals surface area contributed by atoms with Crippen LogP contribution in [-0.4, -0.2) is 13.3 Å². The molecule has 0 unspecified atom stereocenters. The number of nitrogens with two attached hydrogens (primary N) is 1. The molecule has 0 spiro atoms. The highest BCUT2D eigenvalue weighted by atomic mass is 35.5. The molecule has 0 heterocycles. The van der Waals surface area contributed by atoms with Crippen LogP contribution in [0.2, 0.25) is 0 Å². The second kappa shape index (κ2) is 8.53. The van der Waals surface area contributed by atoms with Crippen LogP contribution in [0.15, 0.2) is 87.5 Å². The summed E-state index contributed by atoms with van der Waals surface area (Å²) in [5.74, 6) is 0. The Hall–Kier alpha value is -2.39. The highest BCUT2D eigenvalue weighted by Gasteiger charge is 2.21. The summed E-state index contributed by atoms with van der Waals surface area (Å²) >= 11 is 1.13. The summed E-state index contributed by atoms with van der Waals surface area (Å²) in [6, 6.07) is 20.0. The normalized spacial score (nSPS) is 10.9. The lowest BCUT2D eigenvalue weighted by Gasteiger charge is -2.14. The Morgan fingerprint density at radius 2 is 1.44 bits per heavy atom. The Morgan fingerprint density at radius 3 is 2.07 bits per heavy atom. The number of primary sulfonamides is 1. The Morgan fingerprint density at radius 1 is 0.852 bits per heavy atom. The van der Waals surface area contributed by atoms with Crippen LogP contribution < -0.4 is 5.14 Å². The van der Waals surface area contributed by atoms with Gasteiger partial charge in [0.15, 0.2) is 0 Å². The smallest absolute Gasteiger partial charge is 0.258 e. The van der Waals surface area contributed by atoms with Crippen LogP contribution in [0.5, 0.6) is 0 Å². The lowest BCUT2D eigenvalue weighted by atomic mass is 10.1. The molecule has 140 valence electrons. The minimum atomic E-state index is -3.97. The molecule has 0 saturated carbocycles. The van der Waals surface area contributed by atoms with Crippen molar-refractivity contribution in [3.63, 3.8) is 0 Å². The largest absolute Gasteiger partial charge is 0.283 e. The van der Waals surface area contributed by atoms with Crippen LogP contribution >= 0.6 is 24.2 Å². The van der Waals surface area contributed by atoms with E-state index in [1.165, 1.54) is 12.1 Å². The third kappa shape index (κ3) is 4.67. The first-order valence-corrected chi connectivity index (χ1v) is 9.87. The molecular weight excluding hydrogens is 408 g/mol. The molecule has 6 nitrogen and oxygen atoms in total. The van der Waals surface area contributed by atoms with Gasteiger partial charge in [0.2, 0.25) is 10.0 Å². The number of rotatable bonds is 5. The topological polar surface area (TPSA) is 103 Å². The first kappa shape index (κ1) is 20.9. The van der Waals surface area contributed by atoms with Gasteiger partial charge in [-0.15, -0.1) is 12.4 Å². The van der Waals surface area contributed by atoms with Gasteiger partial charge in [-0.2, -0.15) is 0 Å². The summed E-state index contributed by atoms with van der Waals surface area (Å²) in [4.78, 5) is 11.8. The number of halogens is 1. The summed E-state index contributed by atoms with van der Waals surface area (Å²) in [7, 11) is -3.97. The second-order valence-electron chi connectivity index (χ2n) is 5.37. The van der Waals surface area contributed by atoms with E-state index in [1.54, 1.807) is 54.6 Å². The predicted molar refractivity (Wildman–Crippen MR) is 108 cm³/mol. The average Bonchev–Trinajstić information content (AvgIpc) is 2.62. The average molecular weight is 423 g/mol. The number of sulfonamides is 1. The zero-order chi connectivity index (χ0) is 18.7. The van der Waals surface area contributed by atoms with E-state index in [2.05, 4.69) is 0 Å². The van der Waals surface area contributed by atoms with Gasteiger partial charge in [-0.1, -0.05) is 60.3 Å². The van der Waals surface area contributed by atoms with Gasteiger partial charge >= 0.3 is 0 Å². The summed E-state index contributed by atoms with van der Waals surface area (Å²) in [6.45, 7) is 0. The van der Waals surface area contributed by atoms with Crippen molar-refractivity contribution in [3.05, 3.63) is 82.9 Å². The van der Waals surface area contributed by atoms with Crippen molar-refractivity contribution in [3.8, 4) is 11.1 Å². The molecule has 27 heavy (non-hydrogen) atoms. The van der Waals surface area contributed by atoms with E-state index < -0.39 is 14.9 Å². The van der Waals surface area contributed by atoms with E-state index >= 15 is 0 Å². The van der Waals surface area contributed by atoms with Gasteiger partial charge in [0.25, 0.3) is 5.69 Å². The van der Waals surface area contributed by atoms with Crippen LogP contribution in [0.1, 0.15) is 0 Å². The number of nitro groups is 1. The van der Waals surface area contributed by atoms with Crippen molar-refractivity contribution in [1.82, 2.24) is 0 Å². The fraction of sp³-hybridized carbons (Fsp3) is 0. The Labute approximate surface area is 167 Å². The highest BCUT2D eigenvalue weighted by Crippen LogP contribution is 2.42.